The minimum Gasteiger partial charge on any atom is -0.391 e. The standard InChI is InChI=1S/C23H24F3N3O2S/c1-4-7-8-16(5-2)21-17-10-9-15(11-18(17)32-19(21)14-30)12-29-13-20(27-28-29)22(31,6-3)23(24,25)26/h4-5,7-11,13,30-31H,1,6,12,14H2,2-3H3/b8-7-,16-5+. The van der Waals surface area contributed by atoms with E-state index >= 15 is 0 Å². The number of aromatic nitrogens is 3. The summed E-state index contributed by atoms with van der Waals surface area (Å²) in [5.41, 5.74) is -0.848. The van der Waals surface area contributed by atoms with Crippen molar-refractivity contribution in [2.45, 2.75) is 45.2 Å². The maximum Gasteiger partial charge on any atom is 0.423 e. The maximum absolute atomic E-state index is 13.3. The van der Waals surface area contributed by atoms with Crippen LogP contribution in [0.25, 0.3) is 15.7 Å². The monoisotopic (exact) mass is 463 g/mol. The largest absolute Gasteiger partial charge is 0.423 e. The quantitative estimate of drug-likeness (QED) is 0.443. The van der Waals surface area contributed by atoms with E-state index in [2.05, 4.69) is 16.9 Å². The molecule has 32 heavy (non-hydrogen) atoms. The van der Waals surface area contributed by atoms with Gasteiger partial charge >= 0.3 is 6.18 Å². The highest BCUT2D eigenvalue weighted by Gasteiger charge is 2.55. The molecule has 1 unspecified atom stereocenters. The first-order valence-corrected chi connectivity index (χ1v) is 10.8. The minimum absolute atomic E-state index is 0.108. The van der Waals surface area contributed by atoms with Gasteiger partial charge in [-0.25, -0.2) is 4.68 Å². The normalized spacial score (nSPS) is 14.9. The van der Waals surface area contributed by atoms with E-state index < -0.39 is 23.9 Å². The van der Waals surface area contributed by atoms with Crippen molar-refractivity contribution in [1.29, 1.82) is 0 Å². The molecule has 1 aromatic carbocycles. The van der Waals surface area contributed by atoms with Crippen molar-refractivity contribution in [2.24, 2.45) is 0 Å². The molecule has 0 bridgehead atoms. The average molecular weight is 464 g/mol. The Balaban J connectivity index is 1.95. The zero-order valence-electron chi connectivity index (χ0n) is 17.7. The van der Waals surface area contributed by atoms with Crippen LogP contribution in [0.15, 0.2) is 55.3 Å². The molecule has 5 nitrogen and oxygen atoms in total. The van der Waals surface area contributed by atoms with Crippen LogP contribution >= 0.6 is 11.3 Å². The summed E-state index contributed by atoms with van der Waals surface area (Å²) >= 11 is 1.46. The number of halogens is 3. The van der Waals surface area contributed by atoms with Crippen molar-refractivity contribution in [2.75, 3.05) is 0 Å². The number of alkyl halides is 3. The Labute approximate surface area is 187 Å². The minimum atomic E-state index is -4.85. The van der Waals surface area contributed by atoms with Gasteiger partial charge in [0.2, 0.25) is 5.60 Å². The van der Waals surface area contributed by atoms with Gasteiger partial charge in [0, 0.05) is 20.5 Å². The number of aliphatic hydroxyl groups excluding tert-OH is 1. The summed E-state index contributed by atoms with van der Waals surface area (Å²) in [4.78, 5) is 0.820. The second-order valence-corrected chi connectivity index (χ2v) is 8.38. The molecular weight excluding hydrogens is 439 g/mol. The molecule has 2 heterocycles. The third-order valence-electron chi connectivity index (χ3n) is 5.27. The Bertz CT molecular complexity index is 1180. The van der Waals surface area contributed by atoms with Crippen molar-refractivity contribution >= 4 is 27.0 Å². The van der Waals surface area contributed by atoms with Gasteiger partial charge in [0.25, 0.3) is 0 Å². The molecule has 0 radical (unpaired) electrons. The number of benzene rings is 1. The molecule has 9 heteroatoms. The SMILES string of the molecule is C=C/C=C\C(=C/C)c1c(CO)sc2cc(Cn3cc(C(O)(CC)C(F)(F)F)nn3)ccc12. The molecule has 0 saturated carbocycles. The van der Waals surface area contributed by atoms with Crippen molar-refractivity contribution in [3.63, 3.8) is 0 Å². The Morgan fingerprint density at radius 3 is 2.66 bits per heavy atom. The molecule has 0 saturated heterocycles. The predicted molar refractivity (Wildman–Crippen MR) is 120 cm³/mol. The zero-order chi connectivity index (χ0) is 23.5. The molecule has 0 amide bonds. The molecule has 0 fully saturated rings. The van der Waals surface area contributed by atoms with Crippen LogP contribution in [0, 0.1) is 0 Å². The summed E-state index contributed by atoms with van der Waals surface area (Å²) in [5, 5.41) is 28.2. The number of aliphatic hydroxyl groups is 2. The van der Waals surface area contributed by atoms with Gasteiger partial charge in [-0.05, 0) is 30.5 Å². The average Bonchev–Trinajstić information content (AvgIpc) is 3.37. The van der Waals surface area contributed by atoms with E-state index in [4.69, 9.17) is 0 Å². The van der Waals surface area contributed by atoms with Crippen LogP contribution in [0.4, 0.5) is 13.2 Å². The van der Waals surface area contributed by atoms with Crippen LogP contribution < -0.4 is 0 Å². The summed E-state index contributed by atoms with van der Waals surface area (Å²) in [6.07, 6.45) is 3.11. The van der Waals surface area contributed by atoms with Gasteiger partial charge < -0.3 is 10.2 Å². The van der Waals surface area contributed by atoms with Crippen LogP contribution in [0.2, 0.25) is 0 Å². The van der Waals surface area contributed by atoms with E-state index in [0.29, 0.717) is 0 Å². The van der Waals surface area contributed by atoms with E-state index in [0.717, 1.165) is 37.9 Å². The molecule has 3 aromatic rings. The number of fused-ring (bicyclic) bond motifs is 1. The zero-order valence-corrected chi connectivity index (χ0v) is 18.5. The highest BCUT2D eigenvalue weighted by molar-refractivity contribution is 7.19. The summed E-state index contributed by atoms with van der Waals surface area (Å²) in [6.45, 7) is 6.94. The Morgan fingerprint density at radius 2 is 2.06 bits per heavy atom. The summed E-state index contributed by atoms with van der Waals surface area (Å²) in [7, 11) is 0. The van der Waals surface area contributed by atoms with Gasteiger partial charge in [-0.3, -0.25) is 0 Å². The highest BCUT2D eigenvalue weighted by Crippen LogP contribution is 2.40. The molecule has 2 N–H and O–H groups in total. The topological polar surface area (TPSA) is 71.2 Å². The lowest BCUT2D eigenvalue weighted by atomic mass is 9.96. The van der Waals surface area contributed by atoms with Crippen molar-refractivity contribution < 1.29 is 23.4 Å². The van der Waals surface area contributed by atoms with E-state index in [1.807, 2.05) is 43.4 Å². The molecular formula is C23H24F3N3O2S. The number of allylic oxidation sites excluding steroid dienone is 5. The number of thiophene rings is 1. The highest BCUT2D eigenvalue weighted by atomic mass is 32.1. The van der Waals surface area contributed by atoms with Gasteiger partial charge in [0.05, 0.1) is 19.3 Å². The van der Waals surface area contributed by atoms with Gasteiger partial charge in [-0.15, -0.1) is 16.4 Å². The second kappa shape index (κ2) is 9.40. The first-order valence-electron chi connectivity index (χ1n) is 9.99. The third kappa shape index (κ3) is 4.41. The number of rotatable bonds is 8. The smallest absolute Gasteiger partial charge is 0.391 e. The molecule has 1 atom stereocenters. The van der Waals surface area contributed by atoms with E-state index in [1.165, 1.54) is 22.9 Å². The van der Waals surface area contributed by atoms with Crippen LogP contribution in [0.1, 0.15) is 42.0 Å². The number of hydrogen-bond acceptors (Lipinski definition) is 5. The van der Waals surface area contributed by atoms with Crippen molar-refractivity contribution in [1.82, 2.24) is 15.0 Å². The number of hydrogen-bond donors (Lipinski definition) is 2. The lowest BCUT2D eigenvalue weighted by Crippen LogP contribution is -2.42. The van der Waals surface area contributed by atoms with Gasteiger partial charge in [-0.1, -0.05) is 55.2 Å². The fourth-order valence-corrected chi connectivity index (χ4v) is 4.64. The molecule has 170 valence electrons. The Morgan fingerprint density at radius 1 is 1.31 bits per heavy atom. The lowest BCUT2D eigenvalue weighted by molar-refractivity contribution is -0.269. The summed E-state index contributed by atoms with van der Waals surface area (Å²) in [5.74, 6) is 0. The predicted octanol–water partition coefficient (Wildman–Crippen LogP) is 5.34. The summed E-state index contributed by atoms with van der Waals surface area (Å²) in [6, 6.07) is 5.71. The maximum atomic E-state index is 13.3. The molecule has 2 aromatic heterocycles. The van der Waals surface area contributed by atoms with Gasteiger partial charge in [0.1, 0.15) is 5.69 Å². The fraction of sp³-hybridized carbons (Fsp3) is 0.304. The van der Waals surface area contributed by atoms with Crippen molar-refractivity contribution in [3.8, 4) is 0 Å². The summed E-state index contributed by atoms with van der Waals surface area (Å²) < 4.78 is 42.1. The van der Waals surface area contributed by atoms with Gasteiger partial charge in [0.15, 0.2) is 0 Å². The third-order valence-corrected chi connectivity index (χ3v) is 6.41. The van der Waals surface area contributed by atoms with Crippen LogP contribution in [-0.2, 0) is 18.8 Å². The Hall–Kier alpha value is -2.75. The molecule has 0 spiro atoms. The molecule has 0 aliphatic carbocycles. The van der Waals surface area contributed by atoms with Crippen molar-refractivity contribution in [3.05, 3.63) is 77.0 Å². The number of nitrogens with zero attached hydrogens (tertiary/aromatic N) is 3. The first kappa shape index (κ1) is 23.9. The molecule has 0 aliphatic rings. The second-order valence-electron chi connectivity index (χ2n) is 7.24. The first-order chi connectivity index (χ1) is 15.2. The van der Waals surface area contributed by atoms with E-state index in [-0.39, 0.29) is 13.2 Å². The van der Waals surface area contributed by atoms with E-state index in [1.54, 1.807) is 6.08 Å². The Kier molecular flexibility index (Phi) is 7.02. The molecule has 3 rings (SSSR count). The lowest BCUT2D eigenvalue weighted by Gasteiger charge is -2.26. The van der Waals surface area contributed by atoms with Crippen LogP contribution in [0.5, 0.6) is 0 Å². The van der Waals surface area contributed by atoms with Crippen LogP contribution in [0.3, 0.4) is 0 Å². The van der Waals surface area contributed by atoms with Crippen LogP contribution in [-0.4, -0.2) is 31.4 Å². The fourth-order valence-electron chi connectivity index (χ4n) is 3.49. The van der Waals surface area contributed by atoms with Gasteiger partial charge in [-0.2, -0.15) is 13.2 Å². The van der Waals surface area contributed by atoms with E-state index in [9.17, 15) is 23.4 Å². The molecule has 0 aliphatic heterocycles.